The molecule has 2 aliphatic rings. The summed E-state index contributed by atoms with van der Waals surface area (Å²) in [5.41, 5.74) is 7.18. The molecule has 0 atom stereocenters. The number of likely N-dealkylation sites (tertiary alicyclic amines) is 1. The Kier molecular flexibility index (Phi) is 3.94. The van der Waals surface area contributed by atoms with Gasteiger partial charge in [0.25, 0.3) is 5.91 Å². The molecule has 5 heteroatoms. The molecule has 1 aromatic heterocycles. The van der Waals surface area contributed by atoms with Crippen molar-refractivity contribution in [2.45, 2.75) is 57.4 Å². The van der Waals surface area contributed by atoms with Crippen LogP contribution < -0.4 is 5.73 Å². The van der Waals surface area contributed by atoms with Crippen molar-refractivity contribution in [3.05, 3.63) is 11.9 Å². The highest BCUT2D eigenvalue weighted by atomic mass is 16.2. The Labute approximate surface area is 120 Å². The lowest BCUT2D eigenvalue weighted by atomic mass is 10.2. The molecule has 1 aromatic rings. The normalized spacial score (nSPS) is 21.1. The van der Waals surface area contributed by atoms with E-state index >= 15 is 0 Å². The lowest BCUT2D eigenvalue weighted by Crippen LogP contribution is -2.34. The van der Waals surface area contributed by atoms with Crippen LogP contribution in [0.3, 0.4) is 0 Å². The van der Waals surface area contributed by atoms with Crippen molar-refractivity contribution in [2.24, 2.45) is 0 Å². The molecular formula is C15H24N4O. The SMILES string of the molecule is Nc1cnn(C2CCCC2)c1C(=O)N1CCCCCC1. The summed E-state index contributed by atoms with van der Waals surface area (Å²) >= 11 is 0. The highest BCUT2D eigenvalue weighted by molar-refractivity contribution is 5.97. The third-order valence-corrected chi connectivity index (χ3v) is 4.59. The van der Waals surface area contributed by atoms with Gasteiger partial charge in [-0.1, -0.05) is 25.7 Å². The third-order valence-electron chi connectivity index (χ3n) is 4.59. The summed E-state index contributed by atoms with van der Waals surface area (Å²) < 4.78 is 1.90. The Balaban J connectivity index is 1.84. The summed E-state index contributed by atoms with van der Waals surface area (Å²) in [5, 5.41) is 4.38. The summed E-state index contributed by atoms with van der Waals surface area (Å²) in [7, 11) is 0. The van der Waals surface area contributed by atoms with Crippen LogP contribution in [0.2, 0.25) is 0 Å². The Morgan fingerprint density at radius 1 is 1.10 bits per heavy atom. The van der Waals surface area contributed by atoms with Gasteiger partial charge in [0.2, 0.25) is 0 Å². The Morgan fingerprint density at radius 3 is 2.40 bits per heavy atom. The number of carbonyl (C=O) groups excluding carboxylic acids is 1. The maximum atomic E-state index is 12.8. The molecule has 2 fully saturated rings. The quantitative estimate of drug-likeness (QED) is 0.903. The number of hydrogen-bond donors (Lipinski definition) is 1. The fraction of sp³-hybridized carbons (Fsp3) is 0.733. The average molecular weight is 276 g/mol. The topological polar surface area (TPSA) is 64.1 Å². The minimum Gasteiger partial charge on any atom is -0.396 e. The smallest absolute Gasteiger partial charge is 0.274 e. The van der Waals surface area contributed by atoms with Crippen molar-refractivity contribution in [1.29, 1.82) is 0 Å². The number of nitrogen functional groups attached to an aromatic ring is 1. The largest absolute Gasteiger partial charge is 0.396 e. The van der Waals surface area contributed by atoms with E-state index in [1.807, 2.05) is 9.58 Å². The van der Waals surface area contributed by atoms with Gasteiger partial charge in [-0.3, -0.25) is 9.48 Å². The number of carbonyl (C=O) groups is 1. The molecule has 0 bridgehead atoms. The van der Waals surface area contributed by atoms with Gasteiger partial charge in [0.15, 0.2) is 0 Å². The van der Waals surface area contributed by atoms with Crippen LogP contribution in [-0.4, -0.2) is 33.7 Å². The molecule has 0 unspecified atom stereocenters. The zero-order chi connectivity index (χ0) is 13.9. The molecule has 3 rings (SSSR count). The van der Waals surface area contributed by atoms with Gasteiger partial charge in [-0.25, -0.2) is 0 Å². The van der Waals surface area contributed by atoms with Crippen molar-refractivity contribution in [2.75, 3.05) is 18.8 Å². The van der Waals surface area contributed by atoms with Gasteiger partial charge in [-0.05, 0) is 25.7 Å². The number of nitrogens with two attached hydrogens (primary N) is 1. The average Bonchev–Trinajstić information content (AvgIpc) is 3.00. The molecule has 1 saturated carbocycles. The van der Waals surface area contributed by atoms with Crippen LogP contribution in [0.4, 0.5) is 5.69 Å². The molecule has 110 valence electrons. The van der Waals surface area contributed by atoms with Crippen molar-refractivity contribution in [3.8, 4) is 0 Å². The second kappa shape index (κ2) is 5.85. The molecule has 0 spiro atoms. The molecule has 0 aromatic carbocycles. The number of amides is 1. The summed E-state index contributed by atoms with van der Waals surface area (Å²) in [5.74, 6) is 0.0776. The summed E-state index contributed by atoms with van der Waals surface area (Å²) in [6.45, 7) is 1.71. The van der Waals surface area contributed by atoms with Crippen LogP contribution in [0.1, 0.15) is 67.9 Å². The van der Waals surface area contributed by atoms with Gasteiger partial charge in [-0.2, -0.15) is 5.10 Å². The van der Waals surface area contributed by atoms with E-state index in [4.69, 9.17) is 5.73 Å². The summed E-state index contributed by atoms with van der Waals surface area (Å²) in [6, 6.07) is 0.359. The zero-order valence-electron chi connectivity index (χ0n) is 12.1. The van der Waals surface area contributed by atoms with E-state index in [9.17, 15) is 4.79 Å². The van der Waals surface area contributed by atoms with Crippen molar-refractivity contribution in [3.63, 3.8) is 0 Å². The van der Waals surface area contributed by atoms with Crippen molar-refractivity contribution >= 4 is 11.6 Å². The summed E-state index contributed by atoms with van der Waals surface area (Å²) in [4.78, 5) is 14.8. The number of aromatic nitrogens is 2. The van der Waals surface area contributed by atoms with Crippen LogP contribution >= 0.6 is 0 Å². The minimum atomic E-state index is 0.0776. The van der Waals surface area contributed by atoms with E-state index < -0.39 is 0 Å². The second-order valence-electron chi connectivity index (χ2n) is 6.04. The van der Waals surface area contributed by atoms with Crippen molar-refractivity contribution < 1.29 is 4.79 Å². The fourth-order valence-corrected chi connectivity index (χ4v) is 3.45. The first-order valence-corrected chi connectivity index (χ1v) is 7.89. The predicted molar refractivity (Wildman–Crippen MR) is 78.5 cm³/mol. The third kappa shape index (κ3) is 2.53. The maximum Gasteiger partial charge on any atom is 0.274 e. The van der Waals surface area contributed by atoms with Crippen LogP contribution in [0, 0.1) is 0 Å². The van der Waals surface area contributed by atoms with Gasteiger partial charge in [-0.15, -0.1) is 0 Å². The molecule has 2 N–H and O–H groups in total. The molecular weight excluding hydrogens is 252 g/mol. The second-order valence-corrected chi connectivity index (χ2v) is 6.04. The van der Waals surface area contributed by atoms with E-state index in [1.165, 1.54) is 25.7 Å². The number of rotatable bonds is 2. The van der Waals surface area contributed by atoms with Gasteiger partial charge in [0.1, 0.15) is 5.69 Å². The van der Waals surface area contributed by atoms with Gasteiger partial charge >= 0.3 is 0 Å². The molecule has 1 amide bonds. The first kappa shape index (κ1) is 13.5. The molecule has 1 aliphatic carbocycles. The lowest BCUT2D eigenvalue weighted by Gasteiger charge is -2.22. The van der Waals surface area contributed by atoms with Gasteiger partial charge in [0, 0.05) is 13.1 Å². The number of nitrogens with zero attached hydrogens (tertiary/aromatic N) is 3. The monoisotopic (exact) mass is 276 g/mol. The summed E-state index contributed by atoms with van der Waals surface area (Å²) in [6.07, 6.45) is 11.0. The van der Waals surface area contributed by atoms with E-state index in [2.05, 4.69) is 5.10 Å². The Bertz CT molecular complexity index is 468. The highest BCUT2D eigenvalue weighted by Crippen LogP contribution is 2.31. The maximum absolute atomic E-state index is 12.8. The molecule has 5 nitrogen and oxygen atoms in total. The minimum absolute atomic E-state index is 0.0776. The lowest BCUT2D eigenvalue weighted by molar-refractivity contribution is 0.0747. The van der Waals surface area contributed by atoms with Crippen LogP contribution in [0.25, 0.3) is 0 Å². The molecule has 2 heterocycles. The van der Waals surface area contributed by atoms with Gasteiger partial charge in [0.05, 0.1) is 17.9 Å². The predicted octanol–water partition coefficient (Wildman–Crippen LogP) is 2.60. The molecule has 1 aliphatic heterocycles. The Hall–Kier alpha value is -1.52. The standard InChI is InChI=1S/C15H24N4O/c16-13-11-17-19(12-7-3-4-8-12)14(13)15(20)18-9-5-1-2-6-10-18/h11-12H,1-10,16H2. The van der Waals surface area contributed by atoms with E-state index in [-0.39, 0.29) is 5.91 Å². The zero-order valence-corrected chi connectivity index (χ0v) is 12.1. The van der Waals surface area contributed by atoms with Crippen LogP contribution in [0.15, 0.2) is 6.20 Å². The van der Waals surface area contributed by atoms with Crippen molar-refractivity contribution in [1.82, 2.24) is 14.7 Å². The first-order chi connectivity index (χ1) is 9.77. The Morgan fingerprint density at radius 2 is 1.75 bits per heavy atom. The molecule has 20 heavy (non-hydrogen) atoms. The molecule has 1 saturated heterocycles. The van der Waals surface area contributed by atoms with E-state index in [1.54, 1.807) is 6.20 Å². The fourth-order valence-electron chi connectivity index (χ4n) is 3.45. The number of anilines is 1. The number of hydrogen-bond acceptors (Lipinski definition) is 3. The van der Waals surface area contributed by atoms with Crippen LogP contribution in [-0.2, 0) is 0 Å². The first-order valence-electron chi connectivity index (χ1n) is 7.89. The van der Waals surface area contributed by atoms with E-state index in [0.29, 0.717) is 17.4 Å². The van der Waals surface area contributed by atoms with Crippen LogP contribution in [0.5, 0.6) is 0 Å². The highest BCUT2D eigenvalue weighted by Gasteiger charge is 2.28. The van der Waals surface area contributed by atoms with Gasteiger partial charge < -0.3 is 10.6 Å². The molecule has 0 radical (unpaired) electrons. The van der Waals surface area contributed by atoms with E-state index in [0.717, 1.165) is 38.8 Å².